The zero-order valence-corrected chi connectivity index (χ0v) is 39.1. The van der Waals surface area contributed by atoms with Crippen molar-refractivity contribution in [2.45, 2.75) is 207 Å². The minimum Gasteiger partial charge on any atom is -0.462 e. The fourth-order valence-electron chi connectivity index (χ4n) is 6.21. The van der Waals surface area contributed by atoms with Gasteiger partial charge >= 0.3 is 17.9 Å². The van der Waals surface area contributed by atoms with E-state index in [1.807, 2.05) is 6.08 Å². The smallest absolute Gasteiger partial charge is 0.310 e. The maximum Gasteiger partial charge on any atom is 0.310 e. The van der Waals surface area contributed by atoms with Crippen molar-refractivity contribution in [2.75, 3.05) is 13.2 Å². The van der Waals surface area contributed by atoms with Crippen molar-refractivity contribution >= 4 is 17.9 Å². The van der Waals surface area contributed by atoms with Crippen LogP contribution in [-0.2, 0) is 28.6 Å². The van der Waals surface area contributed by atoms with Gasteiger partial charge in [0.15, 0.2) is 6.10 Å². The molecule has 0 aromatic rings. The summed E-state index contributed by atoms with van der Waals surface area (Å²) in [4.78, 5) is 37.5. The van der Waals surface area contributed by atoms with Gasteiger partial charge in [-0.2, -0.15) is 0 Å². The molecule has 0 fully saturated rings. The first kappa shape index (κ1) is 57.1. The van der Waals surface area contributed by atoms with Gasteiger partial charge in [0.2, 0.25) is 0 Å². The lowest BCUT2D eigenvalue weighted by molar-refractivity contribution is -0.166. The Morgan fingerprint density at radius 3 is 1.08 bits per heavy atom. The zero-order valence-electron chi connectivity index (χ0n) is 39.1. The van der Waals surface area contributed by atoms with Crippen LogP contribution in [0.1, 0.15) is 201 Å². The average Bonchev–Trinajstić information content (AvgIpc) is 3.26. The van der Waals surface area contributed by atoms with Crippen LogP contribution in [0.2, 0.25) is 0 Å². The van der Waals surface area contributed by atoms with Crippen molar-refractivity contribution in [3.63, 3.8) is 0 Å². The number of ether oxygens (including phenoxy) is 3. The van der Waals surface area contributed by atoms with Crippen LogP contribution in [0.5, 0.6) is 0 Å². The van der Waals surface area contributed by atoms with Gasteiger partial charge in [-0.05, 0) is 83.5 Å². The maximum absolute atomic E-state index is 12.6. The van der Waals surface area contributed by atoms with Crippen LogP contribution in [0.3, 0.4) is 0 Å². The second kappa shape index (κ2) is 48.7. The first-order valence-electron chi connectivity index (χ1n) is 24.4. The van der Waals surface area contributed by atoms with Gasteiger partial charge in [-0.3, -0.25) is 14.4 Å². The van der Waals surface area contributed by atoms with Crippen LogP contribution in [0.4, 0.5) is 0 Å². The van der Waals surface area contributed by atoms with Crippen molar-refractivity contribution in [2.24, 2.45) is 0 Å². The Balaban J connectivity index is 4.26. The molecule has 0 heterocycles. The van der Waals surface area contributed by atoms with Gasteiger partial charge in [-0.15, -0.1) is 0 Å². The first-order valence-corrected chi connectivity index (χ1v) is 24.4. The number of rotatable bonds is 42. The molecule has 61 heavy (non-hydrogen) atoms. The van der Waals surface area contributed by atoms with E-state index < -0.39 is 12.1 Å². The third-order valence-electron chi connectivity index (χ3n) is 9.81. The van der Waals surface area contributed by atoms with Crippen molar-refractivity contribution in [3.05, 3.63) is 109 Å². The summed E-state index contributed by atoms with van der Waals surface area (Å²) in [6.45, 7) is 6.21. The summed E-state index contributed by atoms with van der Waals surface area (Å²) in [5.41, 5.74) is 0. The van der Waals surface area contributed by atoms with Crippen LogP contribution < -0.4 is 0 Å². The van der Waals surface area contributed by atoms with E-state index in [2.05, 4.69) is 118 Å². The minimum absolute atomic E-state index is 0.0933. The molecule has 0 aromatic heterocycles. The highest BCUT2D eigenvalue weighted by atomic mass is 16.6. The van der Waals surface area contributed by atoms with Crippen LogP contribution in [0.15, 0.2) is 109 Å². The van der Waals surface area contributed by atoms with E-state index in [0.29, 0.717) is 12.8 Å². The van der Waals surface area contributed by atoms with E-state index >= 15 is 0 Å². The topological polar surface area (TPSA) is 78.9 Å². The molecule has 0 amide bonds. The van der Waals surface area contributed by atoms with Crippen LogP contribution in [0, 0.1) is 0 Å². The van der Waals surface area contributed by atoms with Gasteiger partial charge in [-0.1, -0.05) is 207 Å². The normalized spacial score (nSPS) is 13.0. The molecule has 0 spiro atoms. The summed E-state index contributed by atoms with van der Waals surface area (Å²) in [6, 6.07) is 0. The molecule has 0 rings (SSSR count). The predicted octanol–water partition coefficient (Wildman–Crippen LogP) is 16.0. The lowest BCUT2D eigenvalue weighted by Gasteiger charge is -2.18. The largest absolute Gasteiger partial charge is 0.462 e. The number of allylic oxidation sites excluding steroid dienone is 17. The lowest BCUT2D eigenvalue weighted by atomic mass is 10.1. The molecule has 0 N–H and O–H groups in total. The van der Waals surface area contributed by atoms with Gasteiger partial charge in [0.05, 0.1) is 6.42 Å². The van der Waals surface area contributed by atoms with E-state index in [4.69, 9.17) is 14.2 Å². The van der Waals surface area contributed by atoms with Crippen LogP contribution >= 0.6 is 0 Å². The van der Waals surface area contributed by atoms with Crippen molar-refractivity contribution < 1.29 is 28.6 Å². The predicted molar refractivity (Wildman–Crippen MR) is 260 cm³/mol. The van der Waals surface area contributed by atoms with E-state index in [1.165, 1.54) is 51.4 Å². The second-order valence-corrected chi connectivity index (χ2v) is 15.6. The van der Waals surface area contributed by atoms with Gasteiger partial charge < -0.3 is 14.2 Å². The lowest BCUT2D eigenvalue weighted by Crippen LogP contribution is -2.30. The molecule has 0 saturated heterocycles. The van der Waals surface area contributed by atoms with E-state index in [-0.39, 0.29) is 31.6 Å². The van der Waals surface area contributed by atoms with Crippen molar-refractivity contribution in [1.29, 1.82) is 0 Å². The van der Waals surface area contributed by atoms with Gasteiger partial charge in [0.25, 0.3) is 0 Å². The molecule has 1 atom stereocenters. The summed E-state index contributed by atoms with van der Waals surface area (Å²) < 4.78 is 16.5. The van der Waals surface area contributed by atoms with Gasteiger partial charge in [0.1, 0.15) is 13.2 Å². The average molecular weight is 845 g/mol. The quantitative estimate of drug-likeness (QED) is 0.0264. The summed E-state index contributed by atoms with van der Waals surface area (Å²) in [7, 11) is 0. The molecule has 0 saturated carbocycles. The van der Waals surface area contributed by atoms with Crippen LogP contribution in [0.25, 0.3) is 0 Å². The Morgan fingerprint density at radius 2 is 0.689 bits per heavy atom. The summed E-state index contributed by atoms with van der Waals surface area (Å²) >= 11 is 0. The molecular formula is C55H88O6. The standard InChI is InChI=1S/C55H88O6/c1-4-7-10-13-15-17-19-21-23-24-25-26-27-28-29-30-32-33-35-37-39-42-45-48-54(57)60-51-52(50-59-53(56)47-44-41-12-9-6-3)61-55(58)49-46-43-40-38-36-34-31-22-20-18-16-14-11-8-5-2/h7-8,10-11,15-18,21-23,25-26,31,36,38,43,46,52H,4-6,9,12-14,19-20,24,27-30,32-35,37,39-42,44-45,47-51H2,1-3H3/b10-7-,11-8-,17-15-,18-16-,23-21-,26-25-,31-22-,38-36-,46-43-. The molecule has 6 nitrogen and oxygen atoms in total. The highest BCUT2D eigenvalue weighted by molar-refractivity contribution is 5.72. The SMILES string of the molecule is CC/C=C\C/C=C\C/C=C\C/C=C\C/C=C\CC(=O)OC(COC(=O)CCCCCCC)COC(=O)CCCCCCCCCCCC/C=C\C/C=C\C/C=C\C/C=C\CC. The number of carbonyl (C=O) groups excluding carboxylic acids is 3. The molecular weight excluding hydrogens is 757 g/mol. The Kier molecular flexibility index (Phi) is 45.6. The maximum atomic E-state index is 12.6. The molecule has 0 aliphatic carbocycles. The summed E-state index contributed by atoms with van der Waals surface area (Å²) in [6.07, 6.45) is 65.7. The number of unbranched alkanes of at least 4 members (excludes halogenated alkanes) is 14. The molecule has 344 valence electrons. The molecule has 0 aromatic carbocycles. The number of esters is 3. The van der Waals surface area contributed by atoms with Crippen molar-refractivity contribution in [1.82, 2.24) is 0 Å². The molecule has 0 bridgehead atoms. The fourth-order valence-corrected chi connectivity index (χ4v) is 6.21. The highest BCUT2D eigenvalue weighted by Gasteiger charge is 2.19. The Bertz CT molecular complexity index is 1290. The second-order valence-electron chi connectivity index (χ2n) is 15.6. The van der Waals surface area contributed by atoms with Crippen LogP contribution in [-0.4, -0.2) is 37.2 Å². The zero-order chi connectivity index (χ0) is 44.4. The van der Waals surface area contributed by atoms with Gasteiger partial charge in [0, 0.05) is 12.8 Å². The summed E-state index contributed by atoms with van der Waals surface area (Å²) in [5.74, 6) is -1.08. The van der Waals surface area contributed by atoms with E-state index in [9.17, 15) is 14.4 Å². The minimum atomic E-state index is -0.831. The number of hydrogen-bond acceptors (Lipinski definition) is 6. The van der Waals surface area contributed by atoms with Gasteiger partial charge in [-0.25, -0.2) is 0 Å². The van der Waals surface area contributed by atoms with E-state index in [0.717, 1.165) is 109 Å². The van der Waals surface area contributed by atoms with E-state index in [1.54, 1.807) is 6.08 Å². The summed E-state index contributed by atoms with van der Waals surface area (Å²) in [5, 5.41) is 0. The Morgan fingerprint density at radius 1 is 0.361 bits per heavy atom. The fraction of sp³-hybridized carbons (Fsp3) is 0.618. The molecule has 0 aliphatic rings. The third-order valence-corrected chi connectivity index (χ3v) is 9.81. The highest BCUT2D eigenvalue weighted by Crippen LogP contribution is 2.13. The molecule has 6 heteroatoms. The molecule has 0 radical (unpaired) electrons. The number of hydrogen-bond donors (Lipinski definition) is 0. The Hall–Kier alpha value is -3.93. The monoisotopic (exact) mass is 845 g/mol. The van der Waals surface area contributed by atoms with Crippen molar-refractivity contribution in [3.8, 4) is 0 Å². The third kappa shape index (κ3) is 47.0. The Labute approximate surface area is 374 Å². The molecule has 1 unspecified atom stereocenters. The first-order chi connectivity index (χ1) is 30.0. The number of carbonyl (C=O) groups is 3. The molecule has 0 aliphatic heterocycles.